The molecule has 0 aliphatic rings. The Labute approximate surface area is 259 Å². The third kappa shape index (κ3) is 8.74. The van der Waals surface area contributed by atoms with Crippen LogP contribution in [0.1, 0.15) is 90.9 Å². The first kappa shape index (κ1) is 30.4. The third-order valence-corrected chi connectivity index (χ3v) is 11.8. The molecular weight excluding hydrogens is 684 g/mol. The lowest BCUT2D eigenvalue weighted by Crippen LogP contribution is -1.97. The van der Waals surface area contributed by atoms with Crippen molar-refractivity contribution in [3.8, 4) is 31.3 Å². The maximum absolute atomic E-state index is 6.19. The SMILES string of the molecule is CCCCCCCCOc1cc(Br)sc1-c1nc2sc(-c3sc(Br)cc3OCCCCCCCC)nc2s1. The molecule has 4 rings (SSSR count). The highest BCUT2D eigenvalue weighted by Gasteiger charge is 2.21. The zero-order valence-corrected chi connectivity index (χ0v) is 28.6. The molecule has 4 aromatic rings. The number of hydrogen-bond acceptors (Lipinski definition) is 8. The average Bonchev–Trinajstić information content (AvgIpc) is 3.65. The minimum atomic E-state index is 0.749. The molecule has 0 atom stereocenters. The average molecular weight is 721 g/mol. The molecule has 4 heterocycles. The van der Waals surface area contributed by atoms with Gasteiger partial charge in [0.15, 0.2) is 9.66 Å². The predicted octanol–water partition coefficient (Wildman–Crippen LogP) is 12.2. The van der Waals surface area contributed by atoms with Gasteiger partial charge in [-0.05, 0) is 44.7 Å². The topological polar surface area (TPSA) is 44.2 Å². The van der Waals surface area contributed by atoms with Crippen molar-refractivity contribution in [1.29, 1.82) is 0 Å². The minimum Gasteiger partial charge on any atom is -0.492 e. The lowest BCUT2D eigenvalue weighted by Gasteiger charge is -2.06. The largest absolute Gasteiger partial charge is 0.492 e. The molecular formula is C28H36Br2N2O2S4. The van der Waals surface area contributed by atoms with Gasteiger partial charge in [0.1, 0.15) is 31.3 Å². The van der Waals surface area contributed by atoms with Gasteiger partial charge in [-0.3, -0.25) is 0 Å². The molecule has 10 heteroatoms. The lowest BCUT2D eigenvalue weighted by atomic mass is 10.1. The van der Waals surface area contributed by atoms with Crippen LogP contribution in [0.3, 0.4) is 0 Å². The number of thiazole rings is 2. The van der Waals surface area contributed by atoms with Gasteiger partial charge in [-0.2, -0.15) is 0 Å². The molecule has 0 radical (unpaired) electrons. The van der Waals surface area contributed by atoms with E-state index in [9.17, 15) is 0 Å². The first-order chi connectivity index (χ1) is 18.6. The first-order valence-electron chi connectivity index (χ1n) is 13.7. The lowest BCUT2D eigenvalue weighted by molar-refractivity contribution is 0.306. The van der Waals surface area contributed by atoms with Crippen LogP contribution in [0.4, 0.5) is 0 Å². The highest BCUT2D eigenvalue weighted by Crippen LogP contribution is 2.47. The van der Waals surface area contributed by atoms with Gasteiger partial charge >= 0.3 is 0 Å². The molecule has 0 saturated heterocycles. The van der Waals surface area contributed by atoms with Crippen molar-refractivity contribution in [2.24, 2.45) is 0 Å². The maximum Gasteiger partial charge on any atom is 0.155 e. The van der Waals surface area contributed by atoms with Crippen LogP contribution in [-0.4, -0.2) is 23.2 Å². The summed E-state index contributed by atoms with van der Waals surface area (Å²) in [6.45, 7) is 6.00. The van der Waals surface area contributed by atoms with Gasteiger partial charge in [-0.15, -0.1) is 22.7 Å². The van der Waals surface area contributed by atoms with Crippen molar-refractivity contribution in [3.63, 3.8) is 0 Å². The van der Waals surface area contributed by atoms with E-state index in [1.807, 2.05) is 0 Å². The summed E-state index contributed by atoms with van der Waals surface area (Å²) in [5.74, 6) is 1.84. The van der Waals surface area contributed by atoms with Crippen LogP contribution in [-0.2, 0) is 0 Å². The second-order valence-corrected chi connectivity index (χ2v) is 16.2. The molecule has 208 valence electrons. The second kappa shape index (κ2) is 16.1. The van der Waals surface area contributed by atoms with E-state index < -0.39 is 0 Å². The Hall–Kier alpha value is -0.520. The number of thiophene rings is 2. The molecule has 38 heavy (non-hydrogen) atoms. The van der Waals surface area contributed by atoms with Gasteiger partial charge in [0, 0.05) is 12.1 Å². The molecule has 0 unspecified atom stereocenters. The number of fused-ring (bicyclic) bond motifs is 1. The van der Waals surface area contributed by atoms with Crippen LogP contribution in [0.15, 0.2) is 19.7 Å². The molecule has 0 saturated carbocycles. The number of hydrogen-bond donors (Lipinski definition) is 0. The minimum absolute atomic E-state index is 0.749. The predicted molar refractivity (Wildman–Crippen MR) is 175 cm³/mol. The van der Waals surface area contributed by atoms with Crippen LogP contribution < -0.4 is 9.47 Å². The fourth-order valence-electron chi connectivity index (χ4n) is 4.17. The molecule has 0 aliphatic heterocycles. The van der Waals surface area contributed by atoms with Crippen LogP contribution in [0.5, 0.6) is 11.5 Å². The maximum atomic E-state index is 6.19. The first-order valence-corrected chi connectivity index (χ1v) is 18.6. The van der Waals surface area contributed by atoms with E-state index in [2.05, 4.69) is 57.8 Å². The summed E-state index contributed by atoms with van der Waals surface area (Å²) in [6, 6.07) is 4.14. The fourth-order valence-corrected chi connectivity index (χ4v) is 9.41. The third-order valence-electron chi connectivity index (χ3n) is 6.21. The monoisotopic (exact) mass is 718 g/mol. The molecule has 0 bridgehead atoms. The van der Waals surface area contributed by atoms with Crippen molar-refractivity contribution in [2.75, 3.05) is 13.2 Å². The van der Waals surface area contributed by atoms with Crippen molar-refractivity contribution in [2.45, 2.75) is 90.9 Å². The molecule has 0 spiro atoms. The van der Waals surface area contributed by atoms with E-state index in [1.54, 1.807) is 45.3 Å². The van der Waals surface area contributed by atoms with Crippen molar-refractivity contribution < 1.29 is 9.47 Å². The number of rotatable bonds is 18. The Morgan fingerprint density at radius 2 is 0.974 bits per heavy atom. The summed E-state index contributed by atoms with van der Waals surface area (Å²) in [7, 11) is 0. The van der Waals surface area contributed by atoms with Crippen LogP contribution >= 0.6 is 77.2 Å². The molecule has 0 aliphatic carbocycles. The van der Waals surface area contributed by atoms with Gasteiger partial charge in [-0.1, -0.05) is 101 Å². The number of unbranched alkanes of at least 4 members (excludes halogenated alkanes) is 10. The smallest absolute Gasteiger partial charge is 0.155 e. The number of nitrogens with zero attached hydrogens (tertiary/aromatic N) is 2. The Bertz CT molecular complexity index is 1140. The standard InChI is InChI=1S/C28H36Br2N2O2S4/c1-3-5-7-9-11-13-15-33-19-17-21(29)35-23(19)25-31-27-28(37-25)32-26(38-27)24-20(18-22(30)36-24)34-16-14-12-10-8-6-4-2/h17-18H,3-16H2,1-2H3. The van der Waals surface area contributed by atoms with Gasteiger partial charge < -0.3 is 9.47 Å². The van der Waals surface area contributed by atoms with E-state index in [-0.39, 0.29) is 0 Å². The summed E-state index contributed by atoms with van der Waals surface area (Å²) < 4.78 is 14.5. The highest BCUT2D eigenvalue weighted by atomic mass is 79.9. The molecule has 4 nitrogen and oxygen atoms in total. The van der Waals surface area contributed by atoms with E-state index >= 15 is 0 Å². The second-order valence-electron chi connectivity index (χ2n) is 9.37. The Balaban J connectivity index is 1.37. The van der Waals surface area contributed by atoms with Crippen molar-refractivity contribution in [3.05, 3.63) is 19.7 Å². The molecule has 4 aromatic heterocycles. The van der Waals surface area contributed by atoms with Gasteiger partial charge in [0.2, 0.25) is 0 Å². The Morgan fingerprint density at radius 3 is 1.39 bits per heavy atom. The van der Waals surface area contributed by atoms with E-state index in [1.165, 1.54) is 64.2 Å². The summed E-state index contributed by atoms with van der Waals surface area (Å²) in [5.41, 5.74) is 0. The normalized spacial score (nSPS) is 11.6. The van der Waals surface area contributed by atoms with E-state index in [0.29, 0.717) is 0 Å². The Morgan fingerprint density at radius 1 is 0.579 bits per heavy atom. The van der Waals surface area contributed by atoms with Gasteiger partial charge in [0.05, 0.1) is 20.8 Å². The molecule has 0 fully saturated rings. The van der Waals surface area contributed by atoms with Crippen molar-refractivity contribution >= 4 is 86.9 Å². The number of halogens is 2. The Kier molecular flexibility index (Phi) is 12.9. The number of aromatic nitrogens is 2. The van der Waals surface area contributed by atoms with Gasteiger partial charge in [-0.25, -0.2) is 9.97 Å². The van der Waals surface area contributed by atoms with Crippen molar-refractivity contribution in [1.82, 2.24) is 9.97 Å². The quantitative estimate of drug-likeness (QED) is 0.0960. The van der Waals surface area contributed by atoms with Crippen LogP contribution in [0.25, 0.3) is 29.4 Å². The zero-order chi connectivity index (χ0) is 26.7. The molecule has 0 N–H and O–H groups in total. The van der Waals surface area contributed by atoms with E-state index in [4.69, 9.17) is 19.4 Å². The van der Waals surface area contributed by atoms with Crippen LogP contribution in [0, 0.1) is 0 Å². The van der Waals surface area contributed by atoms with E-state index in [0.717, 1.165) is 74.6 Å². The number of ether oxygens (including phenoxy) is 2. The fraction of sp³-hybridized carbons (Fsp3) is 0.571. The molecule has 0 amide bonds. The van der Waals surface area contributed by atoms with Gasteiger partial charge in [0.25, 0.3) is 0 Å². The summed E-state index contributed by atoms with van der Waals surface area (Å²) in [6.07, 6.45) is 15.1. The summed E-state index contributed by atoms with van der Waals surface area (Å²) >= 11 is 13.9. The summed E-state index contributed by atoms with van der Waals surface area (Å²) in [5, 5.41) is 1.96. The zero-order valence-electron chi connectivity index (χ0n) is 22.2. The highest BCUT2D eigenvalue weighted by molar-refractivity contribution is 9.11. The molecule has 0 aromatic carbocycles. The van der Waals surface area contributed by atoms with Crippen LogP contribution in [0.2, 0.25) is 0 Å². The summed E-state index contributed by atoms with van der Waals surface area (Å²) in [4.78, 5) is 14.0.